The second-order valence-corrected chi connectivity index (χ2v) is 9.96. The van der Waals surface area contributed by atoms with Crippen LogP contribution in [-0.2, 0) is 19.5 Å². The van der Waals surface area contributed by atoms with Gasteiger partial charge in [0.1, 0.15) is 29.7 Å². The van der Waals surface area contributed by atoms with Crippen LogP contribution in [0.1, 0.15) is 39.5 Å². The number of methoxy groups -OCH3 is 2. The lowest BCUT2D eigenvalue weighted by atomic mass is 9.98. The lowest BCUT2D eigenvalue weighted by Crippen LogP contribution is -2.34. The molecule has 1 aromatic heterocycles. The summed E-state index contributed by atoms with van der Waals surface area (Å²) in [6.45, 7) is 6.76. The Balaban J connectivity index is 1.30. The number of aryl methyl sites for hydroxylation is 2. The first-order valence-electron chi connectivity index (χ1n) is 13.2. The van der Waals surface area contributed by atoms with Crippen molar-refractivity contribution in [2.75, 3.05) is 27.5 Å². The number of ketones is 1. The summed E-state index contributed by atoms with van der Waals surface area (Å²) >= 11 is 0. The van der Waals surface area contributed by atoms with Crippen LogP contribution in [0.15, 0.2) is 60.5 Å². The SMILES string of the molecule is CCn1cc(/C=C2\Oc3c4c(cc(C)c3C2=O)OCN(CCc2ccccc2OC)C4)c2cc(OC)ccc21. The summed E-state index contributed by atoms with van der Waals surface area (Å²) in [6.07, 6.45) is 4.74. The first kappa shape index (κ1) is 25.1. The van der Waals surface area contributed by atoms with Gasteiger partial charge in [-0.2, -0.15) is 0 Å². The molecule has 3 heterocycles. The summed E-state index contributed by atoms with van der Waals surface area (Å²) in [4.78, 5) is 15.8. The van der Waals surface area contributed by atoms with Crippen molar-refractivity contribution in [3.05, 3.63) is 88.3 Å². The van der Waals surface area contributed by atoms with Crippen molar-refractivity contribution in [1.82, 2.24) is 9.47 Å². The number of benzene rings is 3. The molecule has 0 saturated carbocycles. The highest BCUT2D eigenvalue weighted by atomic mass is 16.5. The highest BCUT2D eigenvalue weighted by Crippen LogP contribution is 2.44. The predicted octanol–water partition coefficient (Wildman–Crippen LogP) is 6.00. The molecule has 3 aromatic carbocycles. The number of carbonyl (C=O) groups excluding carboxylic acids is 1. The van der Waals surface area contributed by atoms with Crippen LogP contribution in [-0.4, -0.2) is 42.7 Å². The maximum Gasteiger partial charge on any atom is 0.232 e. The summed E-state index contributed by atoms with van der Waals surface area (Å²) in [5.41, 5.74) is 5.55. The van der Waals surface area contributed by atoms with Crippen LogP contribution in [0.25, 0.3) is 17.0 Å². The second kappa shape index (κ2) is 10.2. The molecule has 2 aliphatic heterocycles. The van der Waals surface area contributed by atoms with Gasteiger partial charge in [-0.25, -0.2) is 0 Å². The Labute approximate surface area is 228 Å². The number of aromatic nitrogens is 1. The van der Waals surface area contributed by atoms with Gasteiger partial charge in [-0.3, -0.25) is 9.69 Å². The van der Waals surface area contributed by atoms with Gasteiger partial charge in [0.25, 0.3) is 0 Å². The molecule has 0 unspecified atom stereocenters. The fourth-order valence-corrected chi connectivity index (χ4v) is 5.56. The number of para-hydroxylation sites is 1. The molecule has 6 rings (SSSR count). The maximum absolute atomic E-state index is 13.6. The molecule has 0 saturated heterocycles. The fourth-order valence-electron chi connectivity index (χ4n) is 5.56. The Morgan fingerprint density at radius 3 is 2.72 bits per heavy atom. The third kappa shape index (κ3) is 4.42. The molecule has 0 amide bonds. The molecule has 200 valence electrons. The molecule has 0 aliphatic carbocycles. The van der Waals surface area contributed by atoms with E-state index in [9.17, 15) is 4.79 Å². The van der Waals surface area contributed by atoms with Crippen LogP contribution in [0.5, 0.6) is 23.0 Å². The first-order valence-corrected chi connectivity index (χ1v) is 13.2. The number of nitrogens with zero attached hydrogens (tertiary/aromatic N) is 2. The van der Waals surface area contributed by atoms with E-state index in [1.54, 1.807) is 14.2 Å². The van der Waals surface area contributed by atoms with Crippen LogP contribution in [0.3, 0.4) is 0 Å². The van der Waals surface area contributed by atoms with Crippen LogP contribution in [0, 0.1) is 6.92 Å². The zero-order valence-corrected chi connectivity index (χ0v) is 22.7. The van der Waals surface area contributed by atoms with Crippen LogP contribution in [0.2, 0.25) is 0 Å². The third-order valence-electron chi connectivity index (χ3n) is 7.62. The largest absolute Gasteiger partial charge is 0.497 e. The number of hydrogen-bond acceptors (Lipinski definition) is 6. The number of hydrogen-bond donors (Lipinski definition) is 0. The molecule has 7 nitrogen and oxygen atoms in total. The van der Waals surface area contributed by atoms with Crippen LogP contribution >= 0.6 is 0 Å². The van der Waals surface area contributed by atoms with E-state index >= 15 is 0 Å². The average molecular weight is 525 g/mol. The van der Waals surface area contributed by atoms with Crippen molar-refractivity contribution < 1.29 is 23.7 Å². The minimum Gasteiger partial charge on any atom is -0.497 e. The van der Waals surface area contributed by atoms with Gasteiger partial charge in [0, 0.05) is 42.3 Å². The van der Waals surface area contributed by atoms with Crippen LogP contribution < -0.4 is 18.9 Å². The summed E-state index contributed by atoms with van der Waals surface area (Å²) in [6, 6.07) is 16.0. The lowest BCUT2D eigenvalue weighted by molar-refractivity contribution is 0.0947. The second-order valence-electron chi connectivity index (χ2n) is 9.96. The Morgan fingerprint density at radius 2 is 1.92 bits per heavy atom. The lowest BCUT2D eigenvalue weighted by Gasteiger charge is -2.30. The van der Waals surface area contributed by atoms with Gasteiger partial charge in [-0.05, 0) is 67.8 Å². The van der Waals surface area contributed by atoms with Crippen molar-refractivity contribution in [2.45, 2.75) is 33.4 Å². The van der Waals surface area contributed by atoms with E-state index < -0.39 is 0 Å². The highest BCUT2D eigenvalue weighted by molar-refractivity contribution is 6.16. The summed E-state index contributed by atoms with van der Waals surface area (Å²) in [5, 5.41) is 1.01. The molecular formula is C32H32N2O5. The van der Waals surface area contributed by atoms with E-state index in [2.05, 4.69) is 28.7 Å². The molecule has 0 N–H and O–H groups in total. The van der Waals surface area contributed by atoms with Gasteiger partial charge >= 0.3 is 0 Å². The van der Waals surface area contributed by atoms with Gasteiger partial charge in [-0.15, -0.1) is 0 Å². The number of allylic oxidation sites excluding steroid dienone is 1. The van der Waals surface area contributed by atoms with Gasteiger partial charge in [0.15, 0.2) is 5.76 Å². The summed E-state index contributed by atoms with van der Waals surface area (Å²) in [5.74, 6) is 3.27. The highest BCUT2D eigenvalue weighted by Gasteiger charge is 2.35. The smallest absolute Gasteiger partial charge is 0.232 e. The molecule has 39 heavy (non-hydrogen) atoms. The molecule has 0 radical (unpaired) electrons. The Hall–Kier alpha value is -4.23. The van der Waals surface area contributed by atoms with Crippen LogP contribution in [0.4, 0.5) is 0 Å². The van der Waals surface area contributed by atoms with E-state index in [4.69, 9.17) is 18.9 Å². The minimum atomic E-state index is -0.100. The van der Waals surface area contributed by atoms with Gasteiger partial charge in [0.2, 0.25) is 5.78 Å². The standard InChI is InChI=1S/C32H32N2O5/c1-5-34-17-22(24-16-23(36-3)10-11-26(24)34)15-29-31(35)30-20(2)14-28-25(32(30)39-29)18-33(19-38-28)13-12-21-8-6-7-9-27(21)37-4/h6-11,14-17H,5,12-13,18-19H2,1-4H3/b29-15-. The monoisotopic (exact) mass is 524 g/mol. The Morgan fingerprint density at radius 1 is 1.08 bits per heavy atom. The Bertz CT molecular complexity index is 1620. The van der Waals surface area contributed by atoms with Crippen molar-refractivity contribution in [3.8, 4) is 23.0 Å². The normalized spacial score (nSPS) is 15.7. The van der Waals surface area contributed by atoms with E-state index in [1.165, 1.54) is 0 Å². The third-order valence-corrected chi connectivity index (χ3v) is 7.62. The van der Waals surface area contributed by atoms with E-state index in [1.807, 2.05) is 55.5 Å². The van der Waals surface area contributed by atoms with Crippen molar-refractivity contribution in [1.29, 1.82) is 0 Å². The molecular weight excluding hydrogens is 492 g/mol. The number of carbonyl (C=O) groups is 1. The summed E-state index contributed by atoms with van der Waals surface area (Å²) < 4.78 is 25.6. The molecule has 0 spiro atoms. The number of ether oxygens (including phenoxy) is 4. The maximum atomic E-state index is 13.6. The molecule has 0 bridgehead atoms. The van der Waals surface area contributed by atoms with E-state index in [-0.39, 0.29) is 5.78 Å². The van der Waals surface area contributed by atoms with Crippen molar-refractivity contribution >= 4 is 22.8 Å². The average Bonchev–Trinajstić information content (AvgIpc) is 3.49. The predicted molar refractivity (Wildman–Crippen MR) is 151 cm³/mol. The van der Waals surface area contributed by atoms with E-state index in [0.717, 1.165) is 69.9 Å². The van der Waals surface area contributed by atoms with Crippen molar-refractivity contribution in [3.63, 3.8) is 0 Å². The Kier molecular flexibility index (Phi) is 6.53. The molecule has 2 aliphatic rings. The van der Waals surface area contributed by atoms with E-state index in [0.29, 0.717) is 30.3 Å². The minimum absolute atomic E-state index is 0.100. The quantitative estimate of drug-likeness (QED) is 0.277. The molecule has 4 aromatic rings. The fraction of sp³-hybridized carbons (Fsp3) is 0.281. The first-order chi connectivity index (χ1) is 19.0. The van der Waals surface area contributed by atoms with Gasteiger partial charge in [-0.1, -0.05) is 18.2 Å². The van der Waals surface area contributed by atoms with Gasteiger partial charge in [0.05, 0.1) is 25.3 Å². The number of fused-ring (bicyclic) bond motifs is 4. The molecule has 0 atom stereocenters. The molecule has 0 fully saturated rings. The number of Topliss-reactive ketones (excluding diaryl/α,β-unsaturated/α-hetero) is 1. The van der Waals surface area contributed by atoms with Gasteiger partial charge < -0.3 is 23.5 Å². The van der Waals surface area contributed by atoms with Crippen molar-refractivity contribution in [2.24, 2.45) is 0 Å². The zero-order chi connectivity index (χ0) is 27.1. The molecule has 7 heteroatoms. The summed E-state index contributed by atoms with van der Waals surface area (Å²) in [7, 11) is 3.35. The number of rotatable bonds is 7. The zero-order valence-electron chi connectivity index (χ0n) is 22.7. The topological polar surface area (TPSA) is 62.2 Å².